The Balaban J connectivity index is 1.79. The van der Waals surface area contributed by atoms with E-state index in [1.54, 1.807) is 19.2 Å². The number of esters is 1. The normalized spacial score (nSPS) is 12.0. The number of nitrogens with zero attached hydrogens (tertiary/aromatic N) is 1. The zero-order valence-corrected chi connectivity index (χ0v) is 19.1. The van der Waals surface area contributed by atoms with Gasteiger partial charge in [0.25, 0.3) is 0 Å². The highest BCUT2D eigenvalue weighted by Gasteiger charge is 2.12. The Morgan fingerprint density at radius 3 is 2.65 bits per heavy atom. The highest BCUT2D eigenvalue weighted by molar-refractivity contribution is 5.90. The van der Waals surface area contributed by atoms with E-state index in [4.69, 9.17) is 9.47 Å². The second kappa shape index (κ2) is 10.9. The summed E-state index contributed by atoms with van der Waals surface area (Å²) in [7, 11) is 3.01. The number of methoxy groups -OCH3 is 2. The lowest BCUT2D eigenvalue weighted by atomic mass is 9.99. The lowest BCUT2D eigenvalue weighted by Crippen LogP contribution is -2.13. The third kappa shape index (κ3) is 5.60. The predicted octanol–water partition coefficient (Wildman–Crippen LogP) is 6.11. The van der Waals surface area contributed by atoms with E-state index in [-0.39, 0.29) is 5.97 Å². The number of rotatable bonds is 11. The Bertz CT molecular complexity index is 1010. The van der Waals surface area contributed by atoms with Gasteiger partial charge in [0.15, 0.2) is 0 Å². The first-order chi connectivity index (χ1) is 15.1. The van der Waals surface area contributed by atoms with Gasteiger partial charge < -0.3 is 19.4 Å². The van der Waals surface area contributed by atoms with Gasteiger partial charge in [0.05, 0.1) is 31.8 Å². The van der Waals surface area contributed by atoms with Gasteiger partial charge in [-0.25, -0.2) is 4.79 Å². The molecule has 2 aromatic carbocycles. The molecule has 1 heterocycles. The van der Waals surface area contributed by atoms with Crippen LogP contribution in [0.5, 0.6) is 5.75 Å². The summed E-state index contributed by atoms with van der Waals surface area (Å²) >= 11 is 0. The molecule has 0 saturated heterocycles. The van der Waals surface area contributed by atoms with Crippen molar-refractivity contribution in [2.45, 2.75) is 46.1 Å². The van der Waals surface area contributed by atoms with Crippen molar-refractivity contribution in [3.63, 3.8) is 0 Å². The molecule has 1 N–H and O–H groups in total. The monoisotopic (exact) mass is 422 g/mol. The molecule has 5 nitrogen and oxygen atoms in total. The fourth-order valence-electron chi connectivity index (χ4n) is 3.94. The van der Waals surface area contributed by atoms with Crippen molar-refractivity contribution in [2.24, 2.45) is 5.92 Å². The first-order valence-electron chi connectivity index (χ1n) is 11.2. The van der Waals surface area contributed by atoms with Crippen LogP contribution in [0.1, 0.15) is 55.5 Å². The van der Waals surface area contributed by atoms with Crippen LogP contribution in [0, 0.1) is 5.92 Å². The summed E-state index contributed by atoms with van der Waals surface area (Å²) in [6.45, 7) is 6.19. The van der Waals surface area contributed by atoms with Crippen molar-refractivity contribution in [3.8, 4) is 5.75 Å². The molecule has 5 heteroatoms. The van der Waals surface area contributed by atoms with Gasteiger partial charge in [0.2, 0.25) is 0 Å². The van der Waals surface area contributed by atoms with Crippen LogP contribution in [0.4, 0.5) is 5.69 Å². The molecule has 0 amide bonds. The Kier molecular flexibility index (Phi) is 7.99. The summed E-state index contributed by atoms with van der Waals surface area (Å²) < 4.78 is 12.6. The standard InChI is InChI=1S/C26H34N2O3/c1-5-7-8-19(6-2)17-27-23-12-11-20-13-14-28(24(20)16-23)18-22-10-9-21(26(29)31-4)15-25(22)30-3/h9-16,19,27H,5-8,17-18H2,1-4H3. The fraction of sp³-hybridized carbons (Fsp3) is 0.423. The lowest BCUT2D eigenvalue weighted by Gasteiger charge is -2.16. The molecule has 0 bridgehead atoms. The average Bonchev–Trinajstić information content (AvgIpc) is 3.20. The van der Waals surface area contributed by atoms with Crippen LogP contribution in [0.15, 0.2) is 48.7 Å². The minimum Gasteiger partial charge on any atom is -0.496 e. The number of anilines is 1. The van der Waals surface area contributed by atoms with E-state index in [9.17, 15) is 4.79 Å². The summed E-state index contributed by atoms with van der Waals surface area (Å²) in [5.41, 5.74) is 3.82. The van der Waals surface area contributed by atoms with Gasteiger partial charge in [-0.15, -0.1) is 0 Å². The van der Waals surface area contributed by atoms with Crippen molar-refractivity contribution in [1.82, 2.24) is 4.57 Å². The highest BCUT2D eigenvalue weighted by atomic mass is 16.5. The van der Waals surface area contributed by atoms with E-state index in [0.717, 1.165) is 17.8 Å². The molecule has 1 aromatic heterocycles. The molecule has 31 heavy (non-hydrogen) atoms. The van der Waals surface area contributed by atoms with Crippen molar-refractivity contribution in [2.75, 3.05) is 26.1 Å². The Hall–Kier alpha value is -2.95. The van der Waals surface area contributed by atoms with Crippen LogP contribution >= 0.6 is 0 Å². The molecule has 0 aliphatic carbocycles. The molecule has 0 fully saturated rings. The third-order valence-corrected chi connectivity index (χ3v) is 5.96. The van der Waals surface area contributed by atoms with Crippen LogP contribution in [0.25, 0.3) is 10.9 Å². The predicted molar refractivity (Wildman–Crippen MR) is 127 cm³/mol. The smallest absolute Gasteiger partial charge is 0.337 e. The first kappa shape index (κ1) is 22.7. The zero-order valence-electron chi connectivity index (χ0n) is 19.1. The lowest BCUT2D eigenvalue weighted by molar-refractivity contribution is 0.0600. The van der Waals surface area contributed by atoms with Crippen molar-refractivity contribution >= 4 is 22.6 Å². The van der Waals surface area contributed by atoms with E-state index in [0.29, 0.717) is 23.8 Å². The molecule has 0 radical (unpaired) electrons. The van der Waals surface area contributed by atoms with Crippen LogP contribution in [0.3, 0.4) is 0 Å². The van der Waals surface area contributed by atoms with Crippen molar-refractivity contribution in [3.05, 3.63) is 59.8 Å². The number of carbonyl (C=O) groups is 1. The Labute approximate surface area is 185 Å². The van der Waals surface area contributed by atoms with E-state index >= 15 is 0 Å². The summed E-state index contributed by atoms with van der Waals surface area (Å²) in [6.07, 6.45) is 7.11. The second-order valence-electron chi connectivity index (χ2n) is 8.03. The van der Waals surface area contributed by atoms with Crippen molar-refractivity contribution < 1.29 is 14.3 Å². The molecule has 0 saturated carbocycles. The molecule has 3 rings (SSSR count). The third-order valence-electron chi connectivity index (χ3n) is 5.96. The van der Waals surface area contributed by atoms with Crippen LogP contribution in [0.2, 0.25) is 0 Å². The van der Waals surface area contributed by atoms with Gasteiger partial charge in [-0.2, -0.15) is 0 Å². The van der Waals surface area contributed by atoms with Gasteiger partial charge >= 0.3 is 5.97 Å². The molecular formula is C26H34N2O3. The quantitative estimate of drug-likeness (QED) is 0.379. The summed E-state index contributed by atoms with van der Waals surface area (Å²) in [5.74, 6) is 1.03. The van der Waals surface area contributed by atoms with Gasteiger partial charge in [-0.05, 0) is 48.1 Å². The number of nitrogens with one attached hydrogen (secondary N) is 1. The van der Waals surface area contributed by atoms with E-state index in [2.05, 4.69) is 54.2 Å². The maximum Gasteiger partial charge on any atom is 0.337 e. The van der Waals surface area contributed by atoms with Gasteiger partial charge in [0.1, 0.15) is 5.75 Å². The van der Waals surface area contributed by atoms with Crippen molar-refractivity contribution in [1.29, 1.82) is 0 Å². The molecular weight excluding hydrogens is 388 g/mol. The first-order valence-corrected chi connectivity index (χ1v) is 11.2. The summed E-state index contributed by atoms with van der Waals surface area (Å²) in [5, 5.41) is 4.84. The van der Waals surface area contributed by atoms with Gasteiger partial charge in [0, 0.05) is 24.0 Å². The molecule has 166 valence electrons. The summed E-state index contributed by atoms with van der Waals surface area (Å²) in [6, 6.07) is 14.1. The number of hydrogen-bond acceptors (Lipinski definition) is 4. The highest BCUT2D eigenvalue weighted by Crippen LogP contribution is 2.26. The molecule has 1 atom stereocenters. The molecule has 3 aromatic rings. The van der Waals surface area contributed by atoms with Gasteiger partial charge in [-0.1, -0.05) is 45.2 Å². The number of aromatic nitrogens is 1. The fourth-order valence-corrected chi connectivity index (χ4v) is 3.94. The average molecular weight is 423 g/mol. The number of hydrogen-bond donors (Lipinski definition) is 1. The molecule has 0 spiro atoms. The molecule has 1 unspecified atom stereocenters. The largest absolute Gasteiger partial charge is 0.496 e. The molecule has 0 aliphatic rings. The van der Waals surface area contributed by atoms with Crippen LogP contribution in [-0.4, -0.2) is 31.3 Å². The Morgan fingerprint density at radius 1 is 1.10 bits per heavy atom. The molecule has 0 aliphatic heterocycles. The van der Waals surface area contributed by atoms with E-state index in [1.807, 2.05) is 6.07 Å². The number of fused-ring (bicyclic) bond motifs is 1. The SMILES string of the molecule is CCCCC(CC)CNc1ccc2ccn(Cc3ccc(C(=O)OC)cc3OC)c2c1. The minimum absolute atomic E-state index is 0.365. The van der Waals surface area contributed by atoms with Crippen LogP contribution in [-0.2, 0) is 11.3 Å². The van der Waals surface area contributed by atoms with E-state index in [1.165, 1.54) is 43.7 Å². The summed E-state index contributed by atoms with van der Waals surface area (Å²) in [4.78, 5) is 11.8. The number of ether oxygens (including phenoxy) is 2. The van der Waals surface area contributed by atoms with E-state index < -0.39 is 0 Å². The minimum atomic E-state index is -0.365. The second-order valence-corrected chi connectivity index (χ2v) is 8.03. The topological polar surface area (TPSA) is 52.5 Å². The number of unbranched alkanes of at least 4 members (excludes halogenated alkanes) is 1. The number of carbonyl (C=O) groups excluding carboxylic acids is 1. The van der Waals surface area contributed by atoms with Crippen LogP contribution < -0.4 is 10.1 Å². The van der Waals surface area contributed by atoms with Gasteiger partial charge in [-0.3, -0.25) is 0 Å². The zero-order chi connectivity index (χ0) is 22.2. The maximum atomic E-state index is 11.8. The number of benzene rings is 2. The Morgan fingerprint density at radius 2 is 1.94 bits per heavy atom. The maximum absolute atomic E-state index is 11.8.